The van der Waals surface area contributed by atoms with Crippen molar-refractivity contribution in [1.82, 2.24) is 4.98 Å². The standard InChI is InChI=1S/C14H16BrN3/c1-9(2)10-3-5-11(6-4-10)18-14-12(15)7-17-8-13(14)16/h3-9H,16H2,1-2H3,(H,17,18). The lowest BCUT2D eigenvalue weighted by Crippen LogP contribution is -1.98. The van der Waals surface area contributed by atoms with Gasteiger partial charge in [-0.15, -0.1) is 0 Å². The Hall–Kier alpha value is -1.55. The van der Waals surface area contributed by atoms with Crippen LogP contribution in [0.5, 0.6) is 0 Å². The van der Waals surface area contributed by atoms with Gasteiger partial charge in [0, 0.05) is 11.9 Å². The van der Waals surface area contributed by atoms with E-state index in [1.54, 1.807) is 12.4 Å². The van der Waals surface area contributed by atoms with Gasteiger partial charge in [-0.05, 0) is 39.5 Å². The normalized spacial score (nSPS) is 10.7. The first-order chi connectivity index (χ1) is 8.58. The molecule has 1 heterocycles. The first-order valence-corrected chi connectivity index (χ1v) is 6.63. The lowest BCUT2D eigenvalue weighted by atomic mass is 10.0. The number of rotatable bonds is 3. The van der Waals surface area contributed by atoms with Crippen molar-refractivity contribution in [2.45, 2.75) is 19.8 Å². The molecule has 0 bridgehead atoms. The zero-order chi connectivity index (χ0) is 13.1. The molecule has 0 fully saturated rings. The van der Waals surface area contributed by atoms with Gasteiger partial charge in [0.15, 0.2) is 0 Å². The minimum atomic E-state index is 0.539. The summed E-state index contributed by atoms with van der Waals surface area (Å²) in [6, 6.07) is 8.36. The SMILES string of the molecule is CC(C)c1ccc(Nc2c(N)cncc2Br)cc1. The fourth-order valence-corrected chi connectivity index (χ4v) is 2.12. The lowest BCUT2D eigenvalue weighted by molar-refractivity contribution is 0.867. The molecule has 1 aromatic heterocycles. The Labute approximate surface area is 116 Å². The van der Waals surface area contributed by atoms with E-state index in [4.69, 9.17) is 5.73 Å². The predicted molar refractivity (Wildman–Crippen MR) is 80.2 cm³/mol. The van der Waals surface area contributed by atoms with E-state index >= 15 is 0 Å². The minimum absolute atomic E-state index is 0.539. The summed E-state index contributed by atoms with van der Waals surface area (Å²) in [6.45, 7) is 4.36. The number of aromatic nitrogens is 1. The van der Waals surface area contributed by atoms with E-state index in [-0.39, 0.29) is 0 Å². The van der Waals surface area contributed by atoms with Gasteiger partial charge < -0.3 is 11.1 Å². The van der Waals surface area contributed by atoms with Crippen LogP contribution >= 0.6 is 15.9 Å². The monoisotopic (exact) mass is 305 g/mol. The highest BCUT2D eigenvalue weighted by Crippen LogP contribution is 2.30. The van der Waals surface area contributed by atoms with Crippen LogP contribution in [-0.2, 0) is 0 Å². The number of benzene rings is 1. The third kappa shape index (κ3) is 2.82. The van der Waals surface area contributed by atoms with Crippen LogP contribution in [0.15, 0.2) is 41.1 Å². The van der Waals surface area contributed by atoms with E-state index in [0.717, 1.165) is 15.8 Å². The van der Waals surface area contributed by atoms with Crippen molar-refractivity contribution >= 4 is 33.0 Å². The number of nitrogen functional groups attached to an aromatic ring is 1. The Kier molecular flexibility index (Phi) is 3.87. The molecule has 0 radical (unpaired) electrons. The van der Waals surface area contributed by atoms with Crippen molar-refractivity contribution in [2.75, 3.05) is 11.1 Å². The molecular weight excluding hydrogens is 290 g/mol. The van der Waals surface area contributed by atoms with Gasteiger partial charge in [0.25, 0.3) is 0 Å². The van der Waals surface area contributed by atoms with Crippen LogP contribution in [0.25, 0.3) is 0 Å². The molecule has 0 spiro atoms. The molecule has 2 rings (SSSR count). The van der Waals surface area contributed by atoms with Crippen LogP contribution in [0.1, 0.15) is 25.3 Å². The molecule has 1 aromatic carbocycles. The molecule has 3 nitrogen and oxygen atoms in total. The molecule has 4 heteroatoms. The first kappa shape index (κ1) is 12.9. The van der Waals surface area contributed by atoms with Gasteiger partial charge in [-0.25, -0.2) is 0 Å². The van der Waals surface area contributed by atoms with Crippen LogP contribution < -0.4 is 11.1 Å². The van der Waals surface area contributed by atoms with Crippen molar-refractivity contribution in [2.24, 2.45) is 0 Å². The molecule has 0 aliphatic heterocycles. The fourth-order valence-electron chi connectivity index (χ4n) is 1.68. The van der Waals surface area contributed by atoms with E-state index in [9.17, 15) is 0 Å². The van der Waals surface area contributed by atoms with Crippen LogP contribution in [0.4, 0.5) is 17.1 Å². The van der Waals surface area contributed by atoms with Gasteiger partial charge in [-0.1, -0.05) is 26.0 Å². The van der Waals surface area contributed by atoms with E-state index in [1.807, 2.05) is 0 Å². The number of hydrogen-bond acceptors (Lipinski definition) is 3. The topological polar surface area (TPSA) is 50.9 Å². The Morgan fingerprint density at radius 1 is 1.17 bits per heavy atom. The average Bonchev–Trinajstić information content (AvgIpc) is 2.34. The third-order valence-electron chi connectivity index (χ3n) is 2.78. The minimum Gasteiger partial charge on any atom is -0.396 e. The van der Waals surface area contributed by atoms with Gasteiger partial charge in [-0.3, -0.25) is 4.98 Å². The van der Waals surface area contributed by atoms with Crippen molar-refractivity contribution in [3.05, 3.63) is 46.7 Å². The number of nitrogens with one attached hydrogen (secondary N) is 1. The largest absolute Gasteiger partial charge is 0.396 e. The second-order valence-electron chi connectivity index (χ2n) is 4.49. The van der Waals surface area contributed by atoms with Crippen molar-refractivity contribution in [3.8, 4) is 0 Å². The maximum absolute atomic E-state index is 5.89. The molecule has 2 aromatic rings. The first-order valence-electron chi connectivity index (χ1n) is 5.84. The summed E-state index contributed by atoms with van der Waals surface area (Å²) in [5, 5.41) is 3.29. The maximum Gasteiger partial charge on any atom is 0.0794 e. The van der Waals surface area contributed by atoms with Gasteiger partial charge in [0.05, 0.1) is 22.0 Å². The quantitative estimate of drug-likeness (QED) is 0.889. The molecule has 0 atom stereocenters. The second-order valence-corrected chi connectivity index (χ2v) is 5.34. The van der Waals surface area contributed by atoms with Crippen LogP contribution in [0, 0.1) is 0 Å². The zero-order valence-corrected chi connectivity index (χ0v) is 12.0. The van der Waals surface area contributed by atoms with Gasteiger partial charge >= 0.3 is 0 Å². The highest BCUT2D eigenvalue weighted by Gasteiger charge is 2.05. The third-order valence-corrected chi connectivity index (χ3v) is 3.38. The van der Waals surface area contributed by atoms with E-state index < -0.39 is 0 Å². The lowest BCUT2D eigenvalue weighted by Gasteiger charge is -2.12. The Bertz CT molecular complexity index is 515. The molecule has 0 aliphatic rings. The maximum atomic E-state index is 5.89. The summed E-state index contributed by atoms with van der Waals surface area (Å²) in [7, 11) is 0. The van der Waals surface area contributed by atoms with Crippen LogP contribution in [-0.4, -0.2) is 4.98 Å². The summed E-state index contributed by atoms with van der Waals surface area (Å²) in [6.07, 6.45) is 3.36. The summed E-state index contributed by atoms with van der Waals surface area (Å²) in [5.41, 5.74) is 9.70. The molecule has 0 saturated heterocycles. The number of nitrogens with two attached hydrogens (primary N) is 1. The second kappa shape index (κ2) is 5.40. The fraction of sp³-hybridized carbons (Fsp3) is 0.214. The molecule has 0 amide bonds. The summed E-state index contributed by atoms with van der Waals surface area (Å²) < 4.78 is 0.857. The van der Waals surface area contributed by atoms with E-state index in [2.05, 4.69) is 64.3 Å². The highest BCUT2D eigenvalue weighted by molar-refractivity contribution is 9.10. The number of nitrogens with zero attached hydrogens (tertiary/aromatic N) is 1. The number of anilines is 3. The Balaban J connectivity index is 2.24. The molecule has 18 heavy (non-hydrogen) atoms. The van der Waals surface area contributed by atoms with Gasteiger partial charge in [0.1, 0.15) is 0 Å². The smallest absolute Gasteiger partial charge is 0.0794 e. The summed E-state index contributed by atoms with van der Waals surface area (Å²) >= 11 is 3.44. The predicted octanol–water partition coefficient (Wildman–Crippen LogP) is 4.29. The highest BCUT2D eigenvalue weighted by atomic mass is 79.9. The number of hydrogen-bond donors (Lipinski definition) is 2. The van der Waals surface area contributed by atoms with Gasteiger partial charge in [-0.2, -0.15) is 0 Å². The molecular formula is C14H16BrN3. The molecule has 3 N–H and O–H groups in total. The van der Waals surface area contributed by atoms with E-state index in [0.29, 0.717) is 11.6 Å². The molecule has 0 unspecified atom stereocenters. The summed E-state index contributed by atoms with van der Waals surface area (Å²) in [5.74, 6) is 0.539. The van der Waals surface area contributed by atoms with E-state index in [1.165, 1.54) is 5.56 Å². The molecule has 94 valence electrons. The van der Waals surface area contributed by atoms with Crippen molar-refractivity contribution < 1.29 is 0 Å². The molecule has 0 saturated carbocycles. The Morgan fingerprint density at radius 2 is 1.83 bits per heavy atom. The number of halogens is 1. The van der Waals surface area contributed by atoms with Crippen LogP contribution in [0.2, 0.25) is 0 Å². The zero-order valence-electron chi connectivity index (χ0n) is 10.4. The van der Waals surface area contributed by atoms with Crippen LogP contribution in [0.3, 0.4) is 0 Å². The number of pyridine rings is 1. The van der Waals surface area contributed by atoms with Gasteiger partial charge in [0.2, 0.25) is 0 Å². The van der Waals surface area contributed by atoms with Crippen molar-refractivity contribution in [1.29, 1.82) is 0 Å². The average molecular weight is 306 g/mol. The Morgan fingerprint density at radius 3 is 2.39 bits per heavy atom. The van der Waals surface area contributed by atoms with Crippen molar-refractivity contribution in [3.63, 3.8) is 0 Å². The summed E-state index contributed by atoms with van der Waals surface area (Å²) in [4.78, 5) is 4.01. The molecule has 0 aliphatic carbocycles.